The molecule has 0 unspecified atom stereocenters. The van der Waals surface area contributed by atoms with Crippen LogP contribution in [0.25, 0.3) is 0 Å². The van der Waals surface area contributed by atoms with Gasteiger partial charge in [-0.05, 0) is 23.8 Å². The summed E-state index contributed by atoms with van der Waals surface area (Å²) in [5.41, 5.74) is 1.33. The fourth-order valence-corrected chi connectivity index (χ4v) is 2.03. The van der Waals surface area contributed by atoms with Gasteiger partial charge in [0.1, 0.15) is 6.10 Å². The lowest BCUT2D eigenvalue weighted by atomic mass is 10.0. The van der Waals surface area contributed by atoms with Crippen molar-refractivity contribution in [1.29, 1.82) is 0 Å². The summed E-state index contributed by atoms with van der Waals surface area (Å²) >= 11 is 0. The van der Waals surface area contributed by atoms with Gasteiger partial charge in [0.05, 0.1) is 33.5 Å². The lowest BCUT2D eigenvalue weighted by molar-refractivity contribution is -0.137. The lowest BCUT2D eigenvalue weighted by Crippen LogP contribution is -2.11. The van der Waals surface area contributed by atoms with Crippen molar-refractivity contribution in [3.63, 3.8) is 0 Å². The second-order valence-corrected chi connectivity index (χ2v) is 3.98. The SMILES string of the molecule is COC(=O)C1=CCO[C@@H]1c1ccc(OC)c(OC)c1. The number of hydrogen-bond acceptors (Lipinski definition) is 5. The van der Waals surface area contributed by atoms with Gasteiger partial charge in [-0.2, -0.15) is 0 Å². The molecule has 0 saturated carbocycles. The molecule has 1 aromatic rings. The first-order chi connectivity index (χ1) is 9.21. The molecule has 0 saturated heterocycles. The number of ether oxygens (including phenoxy) is 4. The lowest BCUT2D eigenvalue weighted by Gasteiger charge is -2.16. The van der Waals surface area contributed by atoms with Crippen LogP contribution in [0.1, 0.15) is 11.7 Å². The van der Waals surface area contributed by atoms with Crippen molar-refractivity contribution in [2.45, 2.75) is 6.10 Å². The van der Waals surface area contributed by atoms with Crippen LogP contribution in [0, 0.1) is 0 Å². The first kappa shape index (κ1) is 13.4. The Morgan fingerprint density at radius 2 is 1.95 bits per heavy atom. The number of rotatable bonds is 4. The molecule has 0 amide bonds. The maximum atomic E-state index is 11.6. The Balaban J connectivity index is 2.32. The molecule has 5 nitrogen and oxygen atoms in total. The summed E-state index contributed by atoms with van der Waals surface area (Å²) in [6, 6.07) is 5.42. The van der Waals surface area contributed by atoms with Crippen molar-refractivity contribution >= 4 is 5.97 Å². The molecule has 0 aliphatic carbocycles. The quantitative estimate of drug-likeness (QED) is 0.777. The van der Waals surface area contributed by atoms with Crippen LogP contribution in [0.3, 0.4) is 0 Å². The molecule has 0 fully saturated rings. The van der Waals surface area contributed by atoms with Crippen LogP contribution in [0.2, 0.25) is 0 Å². The molecule has 0 radical (unpaired) electrons. The Kier molecular flexibility index (Phi) is 4.06. The molecule has 0 aromatic heterocycles. The Labute approximate surface area is 111 Å². The third kappa shape index (κ3) is 2.56. The molecule has 1 aromatic carbocycles. The third-order valence-electron chi connectivity index (χ3n) is 2.98. The predicted octanol–water partition coefficient (Wildman–Crippen LogP) is 1.87. The monoisotopic (exact) mass is 264 g/mol. The first-order valence-electron chi connectivity index (χ1n) is 5.83. The Morgan fingerprint density at radius 1 is 1.21 bits per heavy atom. The summed E-state index contributed by atoms with van der Waals surface area (Å²) in [6.45, 7) is 0.392. The summed E-state index contributed by atoms with van der Waals surface area (Å²) in [4.78, 5) is 11.6. The Bertz CT molecular complexity index is 507. The molecule has 1 atom stereocenters. The number of benzene rings is 1. The zero-order valence-electron chi connectivity index (χ0n) is 11.1. The van der Waals surface area contributed by atoms with Crippen molar-refractivity contribution < 1.29 is 23.7 Å². The van der Waals surface area contributed by atoms with Gasteiger partial charge < -0.3 is 18.9 Å². The highest BCUT2D eigenvalue weighted by Crippen LogP contribution is 2.36. The van der Waals surface area contributed by atoms with Crippen LogP contribution in [0.5, 0.6) is 11.5 Å². The van der Waals surface area contributed by atoms with Gasteiger partial charge in [-0.3, -0.25) is 0 Å². The van der Waals surface area contributed by atoms with Crippen LogP contribution in [-0.4, -0.2) is 33.9 Å². The summed E-state index contributed by atoms with van der Waals surface area (Å²) < 4.78 is 20.7. The molecule has 1 heterocycles. The highest BCUT2D eigenvalue weighted by molar-refractivity contribution is 5.90. The van der Waals surface area contributed by atoms with Crippen LogP contribution < -0.4 is 9.47 Å². The van der Waals surface area contributed by atoms with E-state index >= 15 is 0 Å². The van der Waals surface area contributed by atoms with E-state index in [1.54, 1.807) is 32.4 Å². The van der Waals surface area contributed by atoms with Gasteiger partial charge in [-0.25, -0.2) is 4.79 Å². The Morgan fingerprint density at radius 3 is 2.58 bits per heavy atom. The van der Waals surface area contributed by atoms with Gasteiger partial charge in [-0.15, -0.1) is 0 Å². The van der Waals surface area contributed by atoms with Crippen molar-refractivity contribution in [3.8, 4) is 11.5 Å². The summed E-state index contributed by atoms with van der Waals surface area (Å²) in [5, 5.41) is 0. The average molecular weight is 264 g/mol. The van der Waals surface area contributed by atoms with Crippen LogP contribution in [-0.2, 0) is 14.3 Å². The molecule has 19 heavy (non-hydrogen) atoms. The molecular formula is C14H16O5. The molecule has 1 aliphatic rings. The minimum absolute atomic E-state index is 0.378. The van der Waals surface area contributed by atoms with Gasteiger partial charge >= 0.3 is 5.97 Å². The highest BCUT2D eigenvalue weighted by atomic mass is 16.5. The van der Waals surface area contributed by atoms with Crippen molar-refractivity contribution in [3.05, 3.63) is 35.4 Å². The minimum Gasteiger partial charge on any atom is -0.493 e. The number of methoxy groups -OCH3 is 3. The van der Waals surface area contributed by atoms with Crippen molar-refractivity contribution in [2.75, 3.05) is 27.9 Å². The zero-order valence-corrected chi connectivity index (χ0v) is 11.1. The van der Waals surface area contributed by atoms with E-state index in [1.165, 1.54) is 7.11 Å². The standard InChI is InChI=1S/C14H16O5/c1-16-11-5-4-9(8-12(11)17-2)13-10(6-7-19-13)14(15)18-3/h4-6,8,13H,7H2,1-3H3/t13-/m1/s1. The number of hydrogen-bond donors (Lipinski definition) is 0. The minimum atomic E-state index is -0.424. The van der Waals surface area contributed by atoms with E-state index in [4.69, 9.17) is 18.9 Å². The molecule has 2 rings (SSSR count). The molecule has 1 aliphatic heterocycles. The molecule has 0 bridgehead atoms. The van der Waals surface area contributed by atoms with E-state index in [0.717, 1.165) is 5.56 Å². The van der Waals surface area contributed by atoms with E-state index < -0.39 is 6.10 Å². The first-order valence-corrected chi connectivity index (χ1v) is 5.83. The van der Waals surface area contributed by atoms with Gasteiger partial charge in [0, 0.05) is 0 Å². The van der Waals surface area contributed by atoms with E-state index in [1.807, 2.05) is 6.07 Å². The van der Waals surface area contributed by atoms with Crippen molar-refractivity contribution in [1.82, 2.24) is 0 Å². The molecule has 5 heteroatoms. The van der Waals surface area contributed by atoms with Crippen LogP contribution in [0.4, 0.5) is 0 Å². The van der Waals surface area contributed by atoms with Gasteiger partial charge in [0.15, 0.2) is 11.5 Å². The summed E-state index contributed by atoms with van der Waals surface area (Å²) in [6.07, 6.45) is 1.31. The molecule has 0 N–H and O–H groups in total. The van der Waals surface area contributed by atoms with E-state index in [-0.39, 0.29) is 5.97 Å². The van der Waals surface area contributed by atoms with E-state index in [2.05, 4.69) is 0 Å². The number of carbonyl (C=O) groups is 1. The van der Waals surface area contributed by atoms with Gasteiger partial charge in [0.25, 0.3) is 0 Å². The molecule has 0 spiro atoms. The fraction of sp³-hybridized carbons (Fsp3) is 0.357. The largest absolute Gasteiger partial charge is 0.493 e. The second-order valence-electron chi connectivity index (χ2n) is 3.98. The predicted molar refractivity (Wildman–Crippen MR) is 68.3 cm³/mol. The summed E-state index contributed by atoms with van der Waals surface area (Å²) in [5.74, 6) is 0.852. The highest BCUT2D eigenvalue weighted by Gasteiger charge is 2.28. The average Bonchev–Trinajstić information content (AvgIpc) is 2.95. The van der Waals surface area contributed by atoms with Crippen LogP contribution >= 0.6 is 0 Å². The topological polar surface area (TPSA) is 54.0 Å². The Hall–Kier alpha value is -2.01. The van der Waals surface area contributed by atoms with E-state index in [9.17, 15) is 4.79 Å². The maximum Gasteiger partial charge on any atom is 0.336 e. The van der Waals surface area contributed by atoms with Gasteiger partial charge in [-0.1, -0.05) is 6.07 Å². The smallest absolute Gasteiger partial charge is 0.336 e. The fourth-order valence-electron chi connectivity index (χ4n) is 2.03. The molecular weight excluding hydrogens is 248 g/mol. The second kappa shape index (κ2) is 5.75. The third-order valence-corrected chi connectivity index (χ3v) is 2.98. The van der Waals surface area contributed by atoms with Crippen LogP contribution in [0.15, 0.2) is 29.8 Å². The number of esters is 1. The van der Waals surface area contributed by atoms with Crippen molar-refractivity contribution in [2.24, 2.45) is 0 Å². The zero-order chi connectivity index (χ0) is 13.8. The van der Waals surface area contributed by atoms with E-state index in [0.29, 0.717) is 23.7 Å². The summed E-state index contributed by atoms with van der Waals surface area (Å²) in [7, 11) is 4.49. The number of carbonyl (C=O) groups excluding carboxylic acids is 1. The molecule has 102 valence electrons. The maximum absolute atomic E-state index is 11.6. The normalized spacial score (nSPS) is 17.8. The van der Waals surface area contributed by atoms with Gasteiger partial charge in [0.2, 0.25) is 0 Å².